The molecule has 2 rings (SSSR count). The van der Waals surface area contributed by atoms with Crippen LogP contribution < -0.4 is 11.1 Å². The zero-order valence-electron chi connectivity index (χ0n) is 8.54. The molecule has 0 unspecified atom stereocenters. The van der Waals surface area contributed by atoms with Gasteiger partial charge in [0, 0.05) is 17.7 Å². The minimum absolute atomic E-state index is 0.0310. The lowest BCUT2D eigenvalue weighted by Gasteiger charge is -2.16. The van der Waals surface area contributed by atoms with E-state index in [0.717, 1.165) is 16.8 Å². The zero-order chi connectivity index (χ0) is 11.5. The molecule has 0 fully saturated rings. The van der Waals surface area contributed by atoms with Crippen molar-refractivity contribution in [1.82, 2.24) is 0 Å². The van der Waals surface area contributed by atoms with Crippen LogP contribution in [0.5, 0.6) is 0 Å². The summed E-state index contributed by atoms with van der Waals surface area (Å²) in [5.41, 5.74) is 7.52. The fourth-order valence-electron chi connectivity index (χ4n) is 1.59. The average Bonchev–Trinajstić information content (AvgIpc) is 2.26. The second kappa shape index (κ2) is 4.07. The molecule has 0 atom stereocenters. The predicted octanol–water partition coefficient (Wildman–Crippen LogP) is 0.408. The molecule has 0 radical (unpaired) electrons. The number of fused-ring (bicyclic) bond motifs is 1. The highest BCUT2D eigenvalue weighted by molar-refractivity contribution is 5.94. The highest BCUT2D eigenvalue weighted by Gasteiger charge is 2.14. The van der Waals surface area contributed by atoms with Gasteiger partial charge in [-0.1, -0.05) is 5.92 Å². The van der Waals surface area contributed by atoms with E-state index in [1.807, 2.05) is 6.07 Å². The van der Waals surface area contributed by atoms with E-state index in [1.54, 1.807) is 12.1 Å². The van der Waals surface area contributed by atoms with Crippen molar-refractivity contribution in [3.63, 3.8) is 0 Å². The molecule has 16 heavy (non-hydrogen) atoms. The Balaban J connectivity index is 2.30. The van der Waals surface area contributed by atoms with E-state index in [1.165, 1.54) is 0 Å². The molecule has 2 amide bonds. The molecular formula is C12H10N2O2. The third-order valence-corrected chi connectivity index (χ3v) is 2.33. The minimum Gasteiger partial charge on any atom is -0.359 e. The normalized spacial score (nSPS) is 13.1. The number of carbonyl (C=O) groups is 2. The van der Waals surface area contributed by atoms with Crippen molar-refractivity contribution >= 4 is 17.5 Å². The standard InChI is InChI=1S/C12H10N2O2/c13-11(15)5-2-8-1-4-10-9(7-8)3-6-12(16)14-10/h1,4,7H,3,6H2,(H2,13,15)(H,14,16). The first kappa shape index (κ1) is 10.2. The first-order chi connectivity index (χ1) is 7.65. The molecule has 0 saturated carbocycles. The first-order valence-corrected chi connectivity index (χ1v) is 4.89. The molecule has 80 valence electrons. The van der Waals surface area contributed by atoms with Crippen molar-refractivity contribution in [2.75, 3.05) is 5.32 Å². The molecule has 1 heterocycles. The number of amides is 2. The van der Waals surface area contributed by atoms with Crippen LogP contribution in [0, 0.1) is 11.8 Å². The molecule has 1 aliphatic rings. The van der Waals surface area contributed by atoms with Gasteiger partial charge in [-0.05, 0) is 36.1 Å². The number of nitrogens with two attached hydrogens (primary N) is 1. The topological polar surface area (TPSA) is 72.2 Å². The molecule has 4 heteroatoms. The van der Waals surface area contributed by atoms with Crippen molar-refractivity contribution in [2.24, 2.45) is 5.73 Å². The van der Waals surface area contributed by atoms with Crippen LogP contribution in [0.4, 0.5) is 5.69 Å². The van der Waals surface area contributed by atoms with Gasteiger partial charge in [0.1, 0.15) is 0 Å². The van der Waals surface area contributed by atoms with Gasteiger partial charge in [-0.2, -0.15) is 0 Å². The SMILES string of the molecule is NC(=O)C#Cc1ccc2c(c1)CCC(=O)N2. The molecule has 1 aromatic carbocycles. The second-order valence-corrected chi connectivity index (χ2v) is 3.53. The molecular weight excluding hydrogens is 204 g/mol. The van der Waals surface area contributed by atoms with E-state index >= 15 is 0 Å². The Kier molecular flexibility index (Phi) is 2.61. The summed E-state index contributed by atoms with van der Waals surface area (Å²) >= 11 is 0. The van der Waals surface area contributed by atoms with E-state index in [9.17, 15) is 9.59 Å². The van der Waals surface area contributed by atoms with Crippen LogP contribution in [0.1, 0.15) is 17.5 Å². The molecule has 4 nitrogen and oxygen atoms in total. The molecule has 0 bridgehead atoms. The van der Waals surface area contributed by atoms with Gasteiger partial charge in [-0.3, -0.25) is 9.59 Å². The molecule has 1 aromatic rings. The van der Waals surface area contributed by atoms with E-state index in [0.29, 0.717) is 12.8 Å². The lowest BCUT2D eigenvalue weighted by molar-refractivity contribution is -0.116. The van der Waals surface area contributed by atoms with Gasteiger partial charge in [-0.15, -0.1) is 0 Å². The van der Waals surface area contributed by atoms with Crippen LogP contribution in [0.15, 0.2) is 18.2 Å². The Morgan fingerprint density at radius 1 is 1.38 bits per heavy atom. The number of nitrogens with one attached hydrogen (secondary N) is 1. The molecule has 0 spiro atoms. The Labute approximate surface area is 92.8 Å². The van der Waals surface area contributed by atoms with Crippen LogP contribution in [0.2, 0.25) is 0 Å². The van der Waals surface area contributed by atoms with Crippen LogP contribution in [-0.4, -0.2) is 11.8 Å². The Morgan fingerprint density at radius 3 is 2.94 bits per heavy atom. The maximum Gasteiger partial charge on any atom is 0.293 e. The fourth-order valence-corrected chi connectivity index (χ4v) is 1.59. The van der Waals surface area contributed by atoms with Crippen LogP contribution in [-0.2, 0) is 16.0 Å². The summed E-state index contributed by atoms with van der Waals surface area (Å²) < 4.78 is 0. The molecule has 0 aromatic heterocycles. The quantitative estimate of drug-likeness (QED) is 0.614. The second-order valence-electron chi connectivity index (χ2n) is 3.53. The summed E-state index contributed by atoms with van der Waals surface area (Å²) in [6.45, 7) is 0. The van der Waals surface area contributed by atoms with Crippen LogP contribution in [0.25, 0.3) is 0 Å². The van der Waals surface area contributed by atoms with Gasteiger partial charge in [0.2, 0.25) is 5.91 Å². The summed E-state index contributed by atoms with van der Waals surface area (Å²) in [5.74, 6) is 4.33. The van der Waals surface area contributed by atoms with Gasteiger partial charge < -0.3 is 11.1 Å². The maximum absolute atomic E-state index is 11.1. The summed E-state index contributed by atoms with van der Waals surface area (Å²) in [5, 5.41) is 2.77. The summed E-state index contributed by atoms with van der Waals surface area (Å²) in [7, 11) is 0. The zero-order valence-corrected chi connectivity index (χ0v) is 8.54. The molecule has 0 saturated heterocycles. The highest BCUT2D eigenvalue weighted by atomic mass is 16.1. The number of hydrogen-bond donors (Lipinski definition) is 2. The third kappa shape index (κ3) is 2.20. The molecule has 1 aliphatic heterocycles. The average molecular weight is 214 g/mol. The van der Waals surface area contributed by atoms with E-state index in [4.69, 9.17) is 5.73 Å². The number of benzene rings is 1. The minimum atomic E-state index is -0.647. The van der Waals surface area contributed by atoms with Gasteiger partial charge in [0.25, 0.3) is 5.91 Å². The maximum atomic E-state index is 11.1. The predicted molar refractivity (Wildman–Crippen MR) is 59.5 cm³/mol. The van der Waals surface area contributed by atoms with Crippen molar-refractivity contribution < 1.29 is 9.59 Å². The van der Waals surface area contributed by atoms with E-state index in [-0.39, 0.29) is 5.91 Å². The van der Waals surface area contributed by atoms with E-state index in [2.05, 4.69) is 17.2 Å². The number of anilines is 1. The van der Waals surface area contributed by atoms with E-state index < -0.39 is 5.91 Å². The largest absolute Gasteiger partial charge is 0.359 e. The first-order valence-electron chi connectivity index (χ1n) is 4.89. The van der Waals surface area contributed by atoms with Crippen LogP contribution in [0.3, 0.4) is 0 Å². The molecule has 3 N–H and O–H groups in total. The third-order valence-electron chi connectivity index (χ3n) is 2.33. The highest BCUT2D eigenvalue weighted by Crippen LogP contribution is 2.23. The summed E-state index contributed by atoms with van der Waals surface area (Å²) in [6, 6.07) is 5.41. The van der Waals surface area contributed by atoms with Crippen LogP contribution >= 0.6 is 0 Å². The van der Waals surface area contributed by atoms with Gasteiger partial charge in [0.15, 0.2) is 0 Å². The smallest absolute Gasteiger partial charge is 0.293 e. The van der Waals surface area contributed by atoms with Gasteiger partial charge in [0.05, 0.1) is 0 Å². The van der Waals surface area contributed by atoms with Crippen molar-refractivity contribution in [2.45, 2.75) is 12.8 Å². The monoisotopic (exact) mass is 214 g/mol. The summed E-state index contributed by atoms with van der Waals surface area (Å²) in [4.78, 5) is 21.6. The van der Waals surface area contributed by atoms with Gasteiger partial charge >= 0.3 is 0 Å². The Bertz CT molecular complexity index is 524. The van der Waals surface area contributed by atoms with Crippen molar-refractivity contribution in [3.05, 3.63) is 29.3 Å². The number of rotatable bonds is 0. The number of carbonyl (C=O) groups excluding carboxylic acids is 2. The number of primary amides is 1. The van der Waals surface area contributed by atoms with Crippen molar-refractivity contribution in [1.29, 1.82) is 0 Å². The Hall–Kier alpha value is -2.28. The summed E-state index contributed by atoms with van der Waals surface area (Å²) in [6.07, 6.45) is 1.19. The van der Waals surface area contributed by atoms with Gasteiger partial charge in [-0.25, -0.2) is 0 Å². The number of hydrogen-bond acceptors (Lipinski definition) is 2. The Morgan fingerprint density at radius 2 is 2.19 bits per heavy atom. The number of aryl methyl sites for hydroxylation is 1. The lowest BCUT2D eigenvalue weighted by atomic mass is 10.0. The van der Waals surface area contributed by atoms with Crippen molar-refractivity contribution in [3.8, 4) is 11.8 Å². The fraction of sp³-hybridized carbons (Fsp3) is 0.167. The lowest BCUT2D eigenvalue weighted by Crippen LogP contribution is -2.18. The molecule has 0 aliphatic carbocycles.